The van der Waals surface area contributed by atoms with E-state index in [0.717, 1.165) is 23.1 Å². The van der Waals surface area contributed by atoms with Crippen LogP contribution >= 0.6 is 11.3 Å². The number of hydrogen-bond donors (Lipinski definition) is 1. The third-order valence-corrected chi connectivity index (χ3v) is 3.46. The maximum absolute atomic E-state index is 12.6. The van der Waals surface area contributed by atoms with E-state index in [1.54, 1.807) is 6.07 Å². The fraction of sp³-hybridized carbons (Fsp3) is 0.231. The predicted octanol–water partition coefficient (Wildman–Crippen LogP) is 4.15. The monoisotopic (exact) mass is 271 g/mol. The van der Waals surface area contributed by atoms with Gasteiger partial charge in [-0.2, -0.15) is 13.2 Å². The molecule has 0 saturated heterocycles. The molecule has 0 atom stereocenters. The maximum Gasteiger partial charge on any atom is 0.416 e. The molecule has 0 radical (unpaired) electrons. The molecule has 1 aromatic carbocycles. The summed E-state index contributed by atoms with van der Waals surface area (Å²) in [5, 5.41) is 4.89. The van der Waals surface area contributed by atoms with Gasteiger partial charge in [0.25, 0.3) is 0 Å². The van der Waals surface area contributed by atoms with Crippen LogP contribution in [0.2, 0.25) is 0 Å². The van der Waals surface area contributed by atoms with Crippen molar-refractivity contribution >= 4 is 11.3 Å². The zero-order valence-electron chi connectivity index (χ0n) is 9.71. The van der Waals surface area contributed by atoms with Gasteiger partial charge in [-0.1, -0.05) is 12.1 Å². The smallest absolute Gasteiger partial charge is 0.315 e. The predicted molar refractivity (Wildman–Crippen MR) is 67.5 cm³/mol. The van der Waals surface area contributed by atoms with Crippen molar-refractivity contribution in [1.29, 1.82) is 0 Å². The van der Waals surface area contributed by atoms with Crippen molar-refractivity contribution in [3.05, 3.63) is 46.2 Å². The maximum atomic E-state index is 12.6. The minimum Gasteiger partial charge on any atom is -0.315 e. The lowest BCUT2D eigenvalue weighted by Crippen LogP contribution is -2.04. The Balaban J connectivity index is 2.32. The highest BCUT2D eigenvalue weighted by Gasteiger charge is 2.30. The summed E-state index contributed by atoms with van der Waals surface area (Å²) < 4.78 is 37.8. The second kappa shape index (κ2) is 5.12. The van der Waals surface area contributed by atoms with E-state index in [9.17, 15) is 13.2 Å². The molecule has 5 heteroatoms. The van der Waals surface area contributed by atoms with Crippen molar-refractivity contribution in [2.45, 2.75) is 12.7 Å². The molecule has 0 aliphatic rings. The average Bonchev–Trinajstić information content (AvgIpc) is 2.77. The molecule has 0 bridgehead atoms. The second-order valence-corrected chi connectivity index (χ2v) is 4.91. The summed E-state index contributed by atoms with van der Waals surface area (Å²) >= 11 is 1.54. The Morgan fingerprint density at radius 1 is 1.17 bits per heavy atom. The van der Waals surface area contributed by atoms with Gasteiger partial charge in [0, 0.05) is 11.4 Å². The largest absolute Gasteiger partial charge is 0.416 e. The lowest BCUT2D eigenvalue weighted by atomic mass is 10.1. The van der Waals surface area contributed by atoms with Gasteiger partial charge < -0.3 is 5.32 Å². The van der Waals surface area contributed by atoms with Crippen LogP contribution in [-0.4, -0.2) is 7.05 Å². The minimum atomic E-state index is -4.29. The lowest BCUT2D eigenvalue weighted by Gasteiger charge is -2.07. The molecule has 2 rings (SSSR count). The van der Waals surface area contributed by atoms with Gasteiger partial charge in [-0.05, 0) is 41.8 Å². The van der Waals surface area contributed by atoms with E-state index in [1.165, 1.54) is 23.5 Å². The van der Waals surface area contributed by atoms with Gasteiger partial charge in [-0.25, -0.2) is 0 Å². The number of alkyl halides is 3. The van der Waals surface area contributed by atoms with Crippen molar-refractivity contribution in [3.63, 3.8) is 0 Å². The summed E-state index contributed by atoms with van der Waals surface area (Å²) in [6.07, 6.45) is -4.29. The summed E-state index contributed by atoms with van der Waals surface area (Å²) in [4.78, 5) is 1.10. The average molecular weight is 271 g/mol. The van der Waals surface area contributed by atoms with Crippen molar-refractivity contribution in [3.8, 4) is 11.1 Å². The van der Waals surface area contributed by atoms with Crippen molar-refractivity contribution in [2.75, 3.05) is 7.05 Å². The Bertz CT molecular complexity index is 531. The molecule has 0 amide bonds. The standard InChI is InChI=1S/C13H12F3NS/c1-17-7-12-6-10(8-18-12)9-3-2-4-11(5-9)13(14,15)16/h2-6,8,17H,7H2,1H3. The van der Waals surface area contributed by atoms with E-state index in [0.29, 0.717) is 5.56 Å². The highest BCUT2D eigenvalue weighted by Crippen LogP contribution is 2.33. The molecule has 96 valence electrons. The normalized spacial score (nSPS) is 11.8. The lowest BCUT2D eigenvalue weighted by molar-refractivity contribution is -0.137. The third-order valence-electron chi connectivity index (χ3n) is 2.53. The summed E-state index contributed by atoms with van der Waals surface area (Å²) in [6, 6.07) is 7.32. The molecule has 0 aliphatic heterocycles. The molecule has 1 N–H and O–H groups in total. The van der Waals surface area contributed by atoms with Crippen molar-refractivity contribution in [1.82, 2.24) is 5.32 Å². The fourth-order valence-electron chi connectivity index (χ4n) is 1.67. The van der Waals surface area contributed by atoms with E-state index >= 15 is 0 Å². The number of nitrogens with one attached hydrogen (secondary N) is 1. The van der Waals surface area contributed by atoms with E-state index in [4.69, 9.17) is 0 Å². The van der Waals surface area contributed by atoms with Gasteiger partial charge in [0.1, 0.15) is 0 Å². The van der Waals surface area contributed by atoms with Gasteiger partial charge in [-0.3, -0.25) is 0 Å². The van der Waals surface area contributed by atoms with Crippen LogP contribution in [-0.2, 0) is 12.7 Å². The van der Waals surface area contributed by atoms with Gasteiger partial charge in [-0.15, -0.1) is 11.3 Å². The van der Waals surface area contributed by atoms with Crippen LogP contribution in [0.4, 0.5) is 13.2 Å². The molecule has 0 spiro atoms. The molecule has 2 aromatic rings. The van der Waals surface area contributed by atoms with Gasteiger partial charge >= 0.3 is 6.18 Å². The molecule has 0 saturated carbocycles. The first-order valence-corrected chi connectivity index (χ1v) is 6.28. The zero-order chi connectivity index (χ0) is 13.2. The van der Waals surface area contributed by atoms with Gasteiger partial charge in [0.2, 0.25) is 0 Å². The topological polar surface area (TPSA) is 12.0 Å². The molecule has 1 nitrogen and oxygen atoms in total. The van der Waals surface area contributed by atoms with E-state index < -0.39 is 11.7 Å². The summed E-state index contributed by atoms with van der Waals surface area (Å²) in [6.45, 7) is 0.726. The van der Waals surface area contributed by atoms with Crippen LogP contribution < -0.4 is 5.32 Å². The van der Waals surface area contributed by atoms with Gasteiger partial charge in [0.15, 0.2) is 0 Å². The molecule has 1 aromatic heterocycles. The molecule has 1 heterocycles. The Morgan fingerprint density at radius 2 is 1.94 bits per heavy atom. The van der Waals surface area contributed by atoms with Crippen LogP contribution in [0.1, 0.15) is 10.4 Å². The highest BCUT2D eigenvalue weighted by atomic mass is 32.1. The first-order valence-electron chi connectivity index (χ1n) is 5.40. The van der Waals surface area contributed by atoms with Crippen molar-refractivity contribution in [2.24, 2.45) is 0 Å². The number of thiophene rings is 1. The van der Waals surface area contributed by atoms with Crippen LogP contribution in [0, 0.1) is 0 Å². The third kappa shape index (κ3) is 2.91. The van der Waals surface area contributed by atoms with Gasteiger partial charge in [0.05, 0.1) is 5.56 Å². The quantitative estimate of drug-likeness (QED) is 0.884. The Morgan fingerprint density at radius 3 is 2.61 bits per heavy atom. The minimum absolute atomic E-state index is 0.600. The van der Waals surface area contributed by atoms with Crippen LogP contribution in [0.3, 0.4) is 0 Å². The molecule has 0 unspecified atom stereocenters. The van der Waals surface area contributed by atoms with Crippen LogP contribution in [0.15, 0.2) is 35.7 Å². The summed E-state index contributed by atoms with van der Waals surface area (Å²) in [5.74, 6) is 0. The SMILES string of the molecule is CNCc1cc(-c2cccc(C(F)(F)F)c2)cs1. The first kappa shape index (κ1) is 13.1. The number of benzene rings is 1. The van der Waals surface area contributed by atoms with E-state index in [2.05, 4.69) is 5.32 Å². The molecular formula is C13H12F3NS. The van der Waals surface area contributed by atoms with Crippen molar-refractivity contribution < 1.29 is 13.2 Å². The number of hydrogen-bond acceptors (Lipinski definition) is 2. The fourth-order valence-corrected chi connectivity index (χ4v) is 2.58. The summed E-state index contributed by atoms with van der Waals surface area (Å²) in [5.41, 5.74) is 0.821. The van der Waals surface area contributed by atoms with E-state index in [-0.39, 0.29) is 0 Å². The Kier molecular flexibility index (Phi) is 3.73. The highest BCUT2D eigenvalue weighted by molar-refractivity contribution is 7.10. The number of halogens is 3. The molecule has 0 fully saturated rings. The molecule has 0 aliphatic carbocycles. The number of rotatable bonds is 3. The Labute approximate surface area is 107 Å². The molecular weight excluding hydrogens is 259 g/mol. The zero-order valence-corrected chi connectivity index (χ0v) is 10.5. The van der Waals surface area contributed by atoms with Crippen LogP contribution in [0.5, 0.6) is 0 Å². The summed E-state index contributed by atoms with van der Waals surface area (Å²) in [7, 11) is 1.84. The Hall–Kier alpha value is -1.33. The molecule has 18 heavy (non-hydrogen) atoms. The van der Waals surface area contributed by atoms with E-state index in [1.807, 2.05) is 18.5 Å². The van der Waals surface area contributed by atoms with Crippen LogP contribution in [0.25, 0.3) is 11.1 Å². The first-order chi connectivity index (χ1) is 8.50. The second-order valence-electron chi connectivity index (χ2n) is 3.91.